The number of aliphatic hydroxyl groups excluding tert-OH is 1. The molecule has 5 aromatic rings. The highest BCUT2D eigenvalue weighted by Crippen LogP contribution is 2.58. The number of carbonyl (C=O) groups is 4. The Bertz CT molecular complexity index is 2790. The molecule has 374 valence electrons. The van der Waals surface area contributed by atoms with Gasteiger partial charge in [-0.05, 0) is 70.4 Å². The van der Waals surface area contributed by atoms with Gasteiger partial charge in [-0.15, -0.1) is 0 Å². The van der Waals surface area contributed by atoms with Crippen LogP contribution in [-0.2, 0) is 36.9 Å². The number of hydrogen-bond donors (Lipinski definition) is 5. The smallest absolute Gasteiger partial charge is 0.407 e. The van der Waals surface area contributed by atoms with E-state index in [1.165, 1.54) is 14.2 Å². The van der Waals surface area contributed by atoms with E-state index >= 15 is 0 Å². The minimum absolute atomic E-state index is 0.0955. The highest BCUT2D eigenvalue weighted by Gasteiger charge is 2.55. The summed E-state index contributed by atoms with van der Waals surface area (Å²) in [5.74, 6) is 1.82. The van der Waals surface area contributed by atoms with Crippen molar-refractivity contribution in [2.24, 2.45) is 17.3 Å². The monoisotopic (exact) mass is 971 g/mol. The molecule has 2 saturated heterocycles. The molecule has 3 unspecified atom stereocenters. The standard InChI is InChI=1S/C52H61N9O10/c1-28(2)42(57-49(64)67-5)47(62)60-24-35(71-51(66)59-23-34-15-16-41-44(36(34)25-59)70-27-69-41)19-39(60)45-53-21-37(55-45)32-11-7-30(8-12-32)31-9-13-33(14-10-31)38-22-54-46(56-38)40-20-52(17-18-52)26-61(40)48(63)43(29(3)4)58-50(65)68-6/h7-16,21-22,28-29,35,39-40,42-43,51,66H,17-20,23-27H2,1-6H3,(H,53,55)(H,54,56)(H,57,64)(H,58,65)/t35?,39?,40-,42-,43-,51?/m0/s1. The Balaban J connectivity index is 0.820. The minimum atomic E-state index is -1.26. The molecule has 10 rings (SSSR count). The van der Waals surface area contributed by atoms with Crippen molar-refractivity contribution in [2.45, 2.75) is 103 Å². The maximum absolute atomic E-state index is 14.3. The molecular formula is C52H61N9O10. The van der Waals surface area contributed by atoms with E-state index in [2.05, 4.69) is 32.7 Å². The second-order valence-electron chi connectivity index (χ2n) is 20.1. The normalized spacial score (nSPS) is 21.1. The fourth-order valence-corrected chi connectivity index (χ4v) is 10.5. The Hall–Kier alpha value is -6.96. The van der Waals surface area contributed by atoms with Crippen molar-refractivity contribution in [1.29, 1.82) is 0 Å². The van der Waals surface area contributed by atoms with Gasteiger partial charge in [-0.3, -0.25) is 9.59 Å². The third kappa shape index (κ3) is 9.52. The van der Waals surface area contributed by atoms with Crippen molar-refractivity contribution in [3.63, 3.8) is 0 Å². The number of aromatic nitrogens is 4. The highest BCUT2D eigenvalue weighted by atomic mass is 16.7. The van der Waals surface area contributed by atoms with Gasteiger partial charge in [0.25, 0.3) is 0 Å². The molecule has 2 aromatic heterocycles. The van der Waals surface area contributed by atoms with E-state index in [1.807, 2.05) is 87.3 Å². The van der Waals surface area contributed by atoms with Crippen LogP contribution < -0.4 is 20.1 Å². The molecule has 3 fully saturated rings. The molecule has 1 spiro atoms. The van der Waals surface area contributed by atoms with Gasteiger partial charge in [-0.1, -0.05) is 82.3 Å². The van der Waals surface area contributed by atoms with Crippen molar-refractivity contribution in [2.75, 3.05) is 34.1 Å². The van der Waals surface area contributed by atoms with Gasteiger partial charge < -0.3 is 59.2 Å². The van der Waals surface area contributed by atoms with E-state index in [0.717, 1.165) is 69.9 Å². The van der Waals surface area contributed by atoms with Crippen molar-refractivity contribution >= 4 is 24.0 Å². The summed E-state index contributed by atoms with van der Waals surface area (Å²) < 4.78 is 27.3. The lowest BCUT2D eigenvalue weighted by Crippen LogP contribution is -2.51. The molecule has 6 atom stereocenters. The second-order valence-corrected chi connectivity index (χ2v) is 20.1. The van der Waals surface area contributed by atoms with Gasteiger partial charge in [0.15, 0.2) is 11.5 Å². The topological polar surface area (TPSA) is 226 Å². The first-order chi connectivity index (χ1) is 34.2. The summed E-state index contributed by atoms with van der Waals surface area (Å²) in [4.78, 5) is 74.7. The number of amides is 4. The summed E-state index contributed by atoms with van der Waals surface area (Å²) in [6.07, 6.45) is 3.70. The Kier molecular flexibility index (Phi) is 13.0. The molecule has 0 bridgehead atoms. The fraction of sp³-hybridized carbons (Fsp3) is 0.462. The third-order valence-electron chi connectivity index (χ3n) is 14.7. The third-order valence-corrected chi connectivity index (χ3v) is 14.7. The number of methoxy groups -OCH3 is 2. The van der Waals surface area contributed by atoms with Crippen molar-refractivity contribution in [1.82, 2.24) is 45.3 Å². The number of likely N-dealkylation sites (tertiary alicyclic amines) is 2. The number of aromatic amines is 2. The van der Waals surface area contributed by atoms with E-state index in [1.54, 1.807) is 16.0 Å². The van der Waals surface area contributed by atoms with Crippen molar-refractivity contribution < 1.29 is 48.0 Å². The van der Waals surface area contributed by atoms with Crippen LogP contribution in [0.3, 0.4) is 0 Å². The number of H-pyrrole nitrogens is 2. The van der Waals surface area contributed by atoms with E-state index in [9.17, 15) is 24.3 Å². The molecule has 3 aromatic carbocycles. The minimum Gasteiger partial charge on any atom is -0.454 e. The van der Waals surface area contributed by atoms with Crippen LogP contribution >= 0.6 is 0 Å². The molecule has 1 aliphatic carbocycles. The van der Waals surface area contributed by atoms with Gasteiger partial charge in [0.1, 0.15) is 23.7 Å². The van der Waals surface area contributed by atoms with E-state index in [0.29, 0.717) is 43.4 Å². The number of carbonyl (C=O) groups excluding carboxylic acids is 4. The molecule has 71 heavy (non-hydrogen) atoms. The number of rotatable bonds is 14. The number of ether oxygens (including phenoxy) is 5. The molecular weight excluding hydrogens is 911 g/mol. The molecule has 19 heteroatoms. The number of alkyl carbamates (subject to hydrolysis) is 2. The van der Waals surface area contributed by atoms with Crippen LogP contribution in [0.15, 0.2) is 73.1 Å². The van der Waals surface area contributed by atoms with Crippen molar-refractivity contribution in [3.05, 3.63) is 95.8 Å². The Morgan fingerprint density at radius 2 is 1.28 bits per heavy atom. The van der Waals surface area contributed by atoms with Crippen LogP contribution in [0.4, 0.5) is 9.59 Å². The lowest BCUT2D eigenvalue weighted by Gasteiger charge is -2.30. The van der Waals surface area contributed by atoms with Crippen LogP contribution in [0.1, 0.15) is 88.2 Å². The van der Waals surface area contributed by atoms with Crippen LogP contribution in [0.25, 0.3) is 33.6 Å². The molecule has 4 aliphatic heterocycles. The fourth-order valence-electron chi connectivity index (χ4n) is 10.5. The van der Waals surface area contributed by atoms with Gasteiger partial charge >= 0.3 is 12.2 Å². The molecule has 4 amide bonds. The van der Waals surface area contributed by atoms with Gasteiger partial charge in [0, 0.05) is 38.2 Å². The number of nitrogens with one attached hydrogen (secondary N) is 4. The maximum Gasteiger partial charge on any atom is 0.407 e. The molecule has 1 saturated carbocycles. The zero-order chi connectivity index (χ0) is 49.7. The maximum atomic E-state index is 14.3. The van der Waals surface area contributed by atoms with Gasteiger partial charge in [-0.2, -0.15) is 0 Å². The SMILES string of the molecule is COC(=O)N[C@H](C(=O)N1CC(OC(O)N2Cc3ccc4c(c3C2)OCO4)CC1c1ncc(-c2ccc(-c3ccc(-c4cnc([C@@H]5CC6(CC6)CN5C(=O)[C@@H](NC(=O)OC)C(C)C)[nH]4)cc3)cc2)[nH]1)C(C)C. The first-order valence-corrected chi connectivity index (χ1v) is 24.3. The van der Waals surface area contributed by atoms with Crippen molar-refractivity contribution in [3.8, 4) is 45.1 Å². The Morgan fingerprint density at radius 1 is 0.732 bits per heavy atom. The zero-order valence-electron chi connectivity index (χ0n) is 40.8. The lowest BCUT2D eigenvalue weighted by atomic mass is 10.0. The Labute approximate surface area is 411 Å². The summed E-state index contributed by atoms with van der Waals surface area (Å²) in [6, 6.07) is 17.8. The summed E-state index contributed by atoms with van der Waals surface area (Å²) >= 11 is 0. The van der Waals surface area contributed by atoms with Crippen LogP contribution in [0.5, 0.6) is 11.5 Å². The zero-order valence-corrected chi connectivity index (χ0v) is 40.8. The molecule has 5 N–H and O–H groups in total. The van der Waals surface area contributed by atoms with E-state index in [-0.39, 0.29) is 48.4 Å². The number of benzene rings is 3. The summed E-state index contributed by atoms with van der Waals surface area (Å²) in [7, 11) is 2.55. The molecule has 5 aliphatic rings. The number of imidazole rings is 2. The number of hydrogen-bond acceptors (Lipinski definition) is 13. The van der Waals surface area contributed by atoms with E-state index in [4.69, 9.17) is 33.7 Å². The first kappa shape index (κ1) is 47.7. The van der Waals surface area contributed by atoms with Crippen LogP contribution in [0.2, 0.25) is 0 Å². The summed E-state index contributed by atoms with van der Waals surface area (Å²) in [5, 5.41) is 16.9. The quantitative estimate of drug-likeness (QED) is 0.0738. The van der Waals surface area contributed by atoms with Crippen LogP contribution in [-0.4, -0.2) is 122 Å². The number of fused-ring (bicyclic) bond motifs is 3. The van der Waals surface area contributed by atoms with Crippen LogP contribution in [0, 0.1) is 17.3 Å². The summed E-state index contributed by atoms with van der Waals surface area (Å²) in [6.45, 7) is 9.34. The lowest BCUT2D eigenvalue weighted by molar-refractivity contribution is -0.218. The first-order valence-electron chi connectivity index (χ1n) is 24.3. The van der Waals surface area contributed by atoms with Gasteiger partial charge in [0.2, 0.25) is 25.0 Å². The molecule has 0 radical (unpaired) electrons. The number of nitrogens with zero attached hydrogens (tertiary/aromatic N) is 5. The average molecular weight is 972 g/mol. The van der Waals surface area contributed by atoms with E-state index < -0.39 is 42.8 Å². The van der Waals surface area contributed by atoms with Gasteiger partial charge in [-0.25, -0.2) is 24.5 Å². The molecule has 6 heterocycles. The molecule has 19 nitrogen and oxygen atoms in total. The highest BCUT2D eigenvalue weighted by molar-refractivity contribution is 5.87. The predicted molar refractivity (Wildman–Crippen MR) is 258 cm³/mol. The van der Waals surface area contributed by atoms with Gasteiger partial charge in [0.05, 0.1) is 56.2 Å². The number of aliphatic hydroxyl groups is 1. The largest absolute Gasteiger partial charge is 0.454 e. The average Bonchev–Trinajstić information content (AvgIpc) is 4.12. The summed E-state index contributed by atoms with van der Waals surface area (Å²) in [5.41, 5.74) is 7.54. The Morgan fingerprint density at radius 3 is 1.83 bits per heavy atom. The predicted octanol–water partition coefficient (Wildman–Crippen LogP) is 6.63. The second kappa shape index (κ2) is 19.3.